The van der Waals surface area contributed by atoms with E-state index in [1.165, 1.54) is 6.07 Å². The van der Waals surface area contributed by atoms with Crippen LogP contribution in [0.5, 0.6) is 5.75 Å². The molecule has 1 aromatic carbocycles. The Morgan fingerprint density at radius 1 is 1.47 bits per heavy atom. The average Bonchev–Trinajstić information content (AvgIpc) is 2.28. The Balaban J connectivity index is 2.75. The number of halogens is 1. The van der Waals surface area contributed by atoms with Crippen molar-refractivity contribution in [3.8, 4) is 17.6 Å². The molecule has 1 atom stereocenters. The van der Waals surface area contributed by atoms with E-state index < -0.39 is 5.82 Å². The topological polar surface area (TPSA) is 29.5 Å². The number of aliphatic hydroxyl groups is 1. The summed E-state index contributed by atoms with van der Waals surface area (Å²) < 4.78 is 19.1. The third-order valence-corrected chi connectivity index (χ3v) is 2.28. The second-order valence-electron chi connectivity index (χ2n) is 3.82. The number of hydrogen-bond acceptors (Lipinski definition) is 2. The number of hydrogen-bond donors (Lipinski definition) is 1. The van der Waals surface area contributed by atoms with Gasteiger partial charge in [0.1, 0.15) is 18.2 Å². The van der Waals surface area contributed by atoms with Crippen LogP contribution in [0.25, 0.3) is 0 Å². The first-order valence-electron chi connectivity index (χ1n) is 5.73. The number of benzene rings is 1. The van der Waals surface area contributed by atoms with Gasteiger partial charge in [0.15, 0.2) is 0 Å². The van der Waals surface area contributed by atoms with Crippen LogP contribution in [0.2, 0.25) is 0 Å². The molecule has 0 bridgehead atoms. The van der Waals surface area contributed by atoms with Crippen molar-refractivity contribution in [3.63, 3.8) is 0 Å². The van der Waals surface area contributed by atoms with Crippen molar-refractivity contribution >= 4 is 0 Å². The summed E-state index contributed by atoms with van der Waals surface area (Å²) in [6.07, 6.45) is 2.05. The molecule has 0 heterocycles. The van der Waals surface area contributed by atoms with Gasteiger partial charge in [-0.05, 0) is 25.5 Å². The highest BCUT2D eigenvalue weighted by atomic mass is 19.1. The van der Waals surface area contributed by atoms with E-state index in [1.54, 1.807) is 12.1 Å². The SMILES string of the molecule is CCCC(C)Oc1ccc(C#CCO)c(F)c1. The molecule has 0 fully saturated rings. The van der Waals surface area contributed by atoms with Crippen molar-refractivity contribution in [2.45, 2.75) is 32.8 Å². The maximum Gasteiger partial charge on any atom is 0.142 e. The molecular formula is C14H17FO2. The smallest absolute Gasteiger partial charge is 0.142 e. The summed E-state index contributed by atoms with van der Waals surface area (Å²) in [6.45, 7) is 3.76. The van der Waals surface area contributed by atoms with Gasteiger partial charge in [-0.15, -0.1) is 0 Å². The minimum absolute atomic E-state index is 0.0776. The second-order valence-corrected chi connectivity index (χ2v) is 3.82. The van der Waals surface area contributed by atoms with Gasteiger partial charge >= 0.3 is 0 Å². The molecule has 0 aromatic heterocycles. The standard InChI is InChI=1S/C14H17FO2/c1-3-5-11(2)17-13-8-7-12(6-4-9-16)14(15)10-13/h7-8,10-11,16H,3,5,9H2,1-2H3. The lowest BCUT2D eigenvalue weighted by Gasteiger charge is -2.13. The highest BCUT2D eigenvalue weighted by Gasteiger charge is 2.05. The first-order chi connectivity index (χ1) is 8.17. The lowest BCUT2D eigenvalue weighted by Crippen LogP contribution is -2.11. The number of aliphatic hydroxyl groups excluding tert-OH is 1. The number of ether oxygens (including phenoxy) is 1. The summed E-state index contributed by atoms with van der Waals surface area (Å²) in [6, 6.07) is 4.58. The Labute approximate surface area is 101 Å². The van der Waals surface area contributed by atoms with E-state index in [2.05, 4.69) is 18.8 Å². The zero-order valence-electron chi connectivity index (χ0n) is 10.2. The Morgan fingerprint density at radius 2 is 2.24 bits per heavy atom. The van der Waals surface area contributed by atoms with Crippen molar-refractivity contribution in [2.24, 2.45) is 0 Å². The van der Waals surface area contributed by atoms with Crippen LogP contribution in [0.3, 0.4) is 0 Å². The van der Waals surface area contributed by atoms with E-state index >= 15 is 0 Å². The van der Waals surface area contributed by atoms with Crippen LogP contribution < -0.4 is 4.74 Å². The molecule has 0 spiro atoms. The summed E-state index contributed by atoms with van der Waals surface area (Å²) in [4.78, 5) is 0. The van der Waals surface area contributed by atoms with Gasteiger partial charge in [0.05, 0.1) is 11.7 Å². The predicted octanol–water partition coefficient (Wildman–Crippen LogP) is 2.74. The first-order valence-corrected chi connectivity index (χ1v) is 5.73. The number of rotatable bonds is 4. The van der Waals surface area contributed by atoms with E-state index in [1.807, 2.05) is 6.92 Å². The molecule has 1 aromatic rings. The molecule has 92 valence electrons. The van der Waals surface area contributed by atoms with Crippen LogP contribution in [-0.4, -0.2) is 17.8 Å². The third-order valence-electron chi connectivity index (χ3n) is 2.28. The summed E-state index contributed by atoms with van der Waals surface area (Å²) in [5.41, 5.74) is 0.273. The molecule has 0 aliphatic rings. The maximum atomic E-state index is 13.5. The van der Waals surface area contributed by atoms with Gasteiger partial charge in [-0.3, -0.25) is 0 Å². The van der Waals surface area contributed by atoms with Gasteiger partial charge in [-0.25, -0.2) is 4.39 Å². The van der Waals surface area contributed by atoms with Crippen molar-refractivity contribution in [2.75, 3.05) is 6.61 Å². The van der Waals surface area contributed by atoms with Crippen molar-refractivity contribution < 1.29 is 14.2 Å². The van der Waals surface area contributed by atoms with Crippen LogP contribution in [-0.2, 0) is 0 Å². The fourth-order valence-electron chi connectivity index (χ4n) is 1.50. The molecule has 0 radical (unpaired) electrons. The Kier molecular flexibility index (Phi) is 5.51. The summed E-state index contributed by atoms with van der Waals surface area (Å²) in [7, 11) is 0. The van der Waals surface area contributed by atoms with Crippen LogP contribution in [0.4, 0.5) is 4.39 Å². The van der Waals surface area contributed by atoms with Gasteiger partial charge in [0.2, 0.25) is 0 Å². The second kappa shape index (κ2) is 6.93. The molecule has 1 unspecified atom stereocenters. The first kappa shape index (κ1) is 13.5. The molecule has 3 heteroatoms. The zero-order chi connectivity index (χ0) is 12.7. The van der Waals surface area contributed by atoms with Gasteiger partial charge in [-0.2, -0.15) is 0 Å². The van der Waals surface area contributed by atoms with E-state index in [4.69, 9.17) is 9.84 Å². The molecule has 0 aliphatic heterocycles. The highest BCUT2D eigenvalue weighted by Crippen LogP contribution is 2.18. The monoisotopic (exact) mass is 236 g/mol. The molecule has 0 saturated heterocycles. The molecular weight excluding hydrogens is 219 g/mol. The van der Waals surface area contributed by atoms with Crippen LogP contribution in [0, 0.1) is 17.7 Å². The molecule has 17 heavy (non-hydrogen) atoms. The zero-order valence-corrected chi connectivity index (χ0v) is 10.2. The van der Waals surface area contributed by atoms with E-state index in [0.29, 0.717) is 5.75 Å². The highest BCUT2D eigenvalue weighted by molar-refractivity contribution is 5.39. The minimum atomic E-state index is -0.424. The molecule has 1 rings (SSSR count). The third kappa shape index (κ3) is 4.46. The normalized spacial score (nSPS) is 11.5. The van der Waals surface area contributed by atoms with E-state index in [0.717, 1.165) is 12.8 Å². The molecule has 0 saturated carbocycles. The van der Waals surface area contributed by atoms with Crippen molar-refractivity contribution in [3.05, 3.63) is 29.6 Å². The average molecular weight is 236 g/mol. The molecule has 0 amide bonds. The Morgan fingerprint density at radius 3 is 2.82 bits per heavy atom. The fourth-order valence-corrected chi connectivity index (χ4v) is 1.50. The van der Waals surface area contributed by atoms with Crippen molar-refractivity contribution in [1.82, 2.24) is 0 Å². The lowest BCUT2D eigenvalue weighted by atomic mass is 10.2. The molecule has 2 nitrogen and oxygen atoms in total. The molecule has 1 N–H and O–H groups in total. The predicted molar refractivity (Wildman–Crippen MR) is 65.4 cm³/mol. The lowest BCUT2D eigenvalue weighted by molar-refractivity contribution is 0.209. The quantitative estimate of drug-likeness (QED) is 0.814. The van der Waals surface area contributed by atoms with E-state index in [-0.39, 0.29) is 18.3 Å². The van der Waals surface area contributed by atoms with Crippen molar-refractivity contribution in [1.29, 1.82) is 0 Å². The largest absolute Gasteiger partial charge is 0.491 e. The Bertz CT molecular complexity index is 418. The van der Waals surface area contributed by atoms with E-state index in [9.17, 15) is 4.39 Å². The summed E-state index contributed by atoms with van der Waals surface area (Å²) in [5, 5.41) is 8.53. The van der Waals surface area contributed by atoms with Gasteiger partial charge < -0.3 is 9.84 Å². The Hall–Kier alpha value is -1.53. The summed E-state index contributed by atoms with van der Waals surface area (Å²) >= 11 is 0. The van der Waals surface area contributed by atoms with Gasteiger partial charge in [0.25, 0.3) is 0 Å². The van der Waals surface area contributed by atoms with Crippen LogP contribution >= 0.6 is 0 Å². The minimum Gasteiger partial charge on any atom is -0.491 e. The maximum absolute atomic E-state index is 13.5. The fraction of sp³-hybridized carbons (Fsp3) is 0.429. The summed E-state index contributed by atoms with van der Waals surface area (Å²) in [5.74, 6) is 5.04. The van der Waals surface area contributed by atoms with Gasteiger partial charge in [-0.1, -0.05) is 25.2 Å². The molecule has 0 aliphatic carbocycles. The van der Waals surface area contributed by atoms with Crippen LogP contribution in [0.15, 0.2) is 18.2 Å². The van der Waals surface area contributed by atoms with Crippen LogP contribution in [0.1, 0.15) is 32.3 Å². The van der Waals surface area contributed by atoms with Gasteiger partial charge in [0, 0.05) is 6.07 Å².